The zero-order valence-corrected chi connectivity index (χ0v) is 13.8. The Kier molecular flexibility index (Phi) is 4.89. The van der Waals surface area contributed by atoms with Crippen LogP contribution in [-0.2, 0) is 25.4 Å². The van der Waals surface area contributed by atoms with Gasteiger partial charge < -0.3 is 5.32 Å². The molecule has 0 atom stereocenters. The van der Waals surface area contributed by atoms with Crippen molar-refractivity contribution in [2.24, 2.45) is 0 Å². The molecule has 0 bridgehead atoms. The molecule has 0 radical (unpaired) electrons. The van der Waals surface area contributed by atoms with E-state index in [2.05, 4.69) is 10.3 Å². The molecule has 128 valence electrons. The third-order valence-electron chi connectivity index (χ3n) is 3.97. The average Bonchev–Trinajstić information content (AvgIpc) is 2.97. The van der Waals surface area contributed by atoms with Gasteiger partial charge in [0, 0.05) is 23.4 Å². The summed E-state index contributed by atoms with van der Waals surface area (Å²) in [6.07, 6.45) is 0.605. The van der Waals surface area contributed by atoms with Crippen LogP contribution in [0, 0.1) is 0 Å². The highest BCUT2D eigenvalue weighted by molar-refractivity contribution is 7.11. The quantitative estimate of drug-likeness (QED) is 0.901. The third kappa shape index (κ3) is 3.95. The van der Waals surface area contributed by atoms with Gasteiger partial charge >= 0.3 is 6.18 Å². The molecule has 0 saturated carbocycles. The number of halogens is 3. The maximum absolute atomic E-state index is 12.7. The van der Waals surface area contributed by atoms with Gasteiger partial charge in [-0.25, -0.2) is 4.98 Å². The van der Waals surface area contributed by atoms with Crippen molar-refractivity contribution in [3.63, 3.8) is 0 Å². The summed E-state index contributed by atoms with van der Waals surface area (Å²) in [5.74, 6) is -0.498. The van der Waals surface area contributed by atoms with E-state index in [9.17, 15) is 18.0 Å². The highest BCUT2D eigenvalue weighted by atomic mass is 32.1. The lowest BCUT2D eigenvalue weighted by atomic mass is 10.0. The first-order chi connectivity index (χ1) is 11.4. The molecule has 1 aromatic heterocycles. The Morgan fingerprint density at radius 3 is 2.79 bits per heavy atom. The highest BCUT2D eigenvalue weighted by Crippen LogP contribution is 2.29. The van der Waals surface area contributed by atoms with E-state index >= 15 is 0 Å². The molecule has 1 aliphatic rings. The van der Waals surface area contributed by atoms with E-state index in [-0.39, 0.29) is 5.56 Å². The maximum Gasteiger partial charge on any atom is 0.416 e. The normalized spacial score (nSPS) is 14.3. The molecule has 24 heavy (non-hydrogen) atoms. The van der Waals surface area contributed by atoms with Crippen LogP contribution in [0.25, 0.3) is 0 Å². The van der Waals surface area contributed by atoms with Gasteiger partial charge in [-0.05, 0) is 43.9 Å². The molecule has 1 heterocycles. The number of alkyl halides is 3. The molecular formula is C17H17F3N2OS. The molecule has 1 amide bonds. The number of benzene rings is 1. The van der Waals surface area contributed by atoms with Gasteiger partial charge in [0.15, 0.2) is 0 Å². The second-order valence-electron chi connectivity index (χ2n) is 5.77. The Balaban J connectivity index is 1.57. The van der Waals surface area contributed by atoms with Gasteiger partial charge in [0.2, 0.25) is 0 Å². The lowest BCUT2D eigenvalue weighted by Crippen LogP contribution is -2.26. The van der Waals surface area contributed by atoms with Crippen molar-refractivity contribution in [3.8, 4) is 0 Å². The number of carbonyl (C=O) groups is 1. The summed E-state index contributed by atoms with van der Waals surface area (Å²) >= 11 is 1.68. The van der Waals surface area contributed by atoms with Gasteiger partial charge in [0.05, 0.1) is 16.3 Å². The predicted octanol–water partition coefficient (Wildman–Crippen LogP) is 4.01. The van der Waals surface area contributed by atoms with Crippen molar-refractivity contribution >= 4 is 17.2 Å². The fraction of sp³-hybridized carbons (Fsp3) is 0.412. The topological polar surface area (TPSA) is 42.0 Å². The van der Waals surface area contributed by atoms with E-state index in [1.54, 1.807) is 11.3 Å². The lowest BCUT2D eigenvalue weighted by molar-refractivity contribution is -0.137. The largest absolute Gasteiger partial charge is 0.416 e. The molecule has 0 spiro atoms. The van der Waals surface area contributed by atoms with Gasteiger partial charge in [-0.3, -0.25) is 4.79 Å². The molecule has 7 heteroatoms. The molecule has 0 fully saturated rings. The van der Waals surface area contributed by atoms with E-state index in [4.69, 9.17) is 0 Å². The molecule has 3 rings (SSSR count). The van der Waals surface area contributed by atoms with Gasteiger partial charge in [-0.2, -0.15) is 13.2 Å². The molecule has 1 N–H and O–H groups in total. The maximum atomic E-state index is 12.7. The number of nitrogens with one attached hydrogen (secondary N) is 1. The molecule has 1 aliphatic carbocycles. The van der Waals surface area contributed by atoms with Crippen LogP contribution in [0.2, 0.25) is 0 Å². The van der Waals surface area contributed by atoms with E-state index in [0.29, 0.717) is 13.0 Å². The van der Waals surface area contributed by atoms with Gasteiger partial charge in [-0.1, -0.05) is 6.07 Å². The number of carbonyl (C=O) groups excluding carboxylic acids is 1. The minimum absolute atomic E-state index is 0.0169. The van der Waals surface area contributed by atoms with E-state index in [1.807, 2.05) is 0 Å². The van der Waals surface area contributed by atoms with Crippen LogP contribution < -0.4 is 5.32 Å². The summed E-state index contributed by atoms with van der Waals surface area (Å²) in [4.78, 5) is 17.9. The van der Waals surface area contributed by atoms with Crippen molar-refractivity contribution in [1.82, 2.24) is 10.3 Å². The number of amides is 1. The number of fused-ring (bicyclic) bond motifs is 1. The molecule has 3 nitrogen and oxygen atoms in total. The fourth-order valence-corrected chi connectivity index (χ4v) is 3.89. The zero-order chi connectivity index (χ0) is 17.2. The van der Waals surface area contributed by atoms with E-state index in [0.717, 1.165) is 30.0 Å². The van der Waals surface area contributed by atoms with Crippen molar-refractivity contribution in [2.45, 2.75) is 38.3 Å². The number of hydrogen-bond donors (Lipinski definition) is 1. The second kappa shape index (κ2) is 6.93. The summed E-state index contributed by atoms with van der Waals surface area (Å²) < 4.78 is 38.0. The SMILES string of the molecule is O=C(NCCc1nc2c(s1)CCCC2)c1cccc(C(F)(F)F)c1. The third-order valence-corrected chi connectivity index (χ3v) is 5.18. The van der Waals surface area contributed by atoms with Crippen LogP contribution in [0.15, 0.2) is 24.3 Å². The molecule has 0 saturated heterocycles. The van der Waals surface area contributed by atoms with Crippen molar-refractivity contribution in [2.75, 3.05) is 6.54 Å². The van der Waals surface area contributed by atoms with Gasteiger partial charge in [-0.15, -0.1) is 11.3 Å². The predicted molar refractivity (Wildman–Crippen MR) is 86.2 cm³/mol. The Hall–Kier alpha value is -1.89. The Labute approximate surface area is 141 Å². The van der Waals surface area contributed by atoms with Crippen molar-refractivity contribution in [3.05, 3.63) is 51.0 Å². The van der Waals surface area contributed by atoms with Crippen LogP contribution in [-0.4, -0.2) is 17.4 Å². The zero-order valence-electron chi connectivity index (χ0n) is 12.9. The highest BCUT2D eigenvalue weighted by Gasteiger charge is 2.30. The van der Waals surface area contributed by atoms with Crippen LogP contribution in [0.5, 0.6) is 0 Å². The summed E-state index contributed by atoms with van der Waals surface area (Å²) in [5.41, 5.74) is 0.372. The lowest BCUT2D eigenvalue weighted by Gasteiger charge is -2.09. The minimum atomic E-state index is -4.45. The average molecular weight is 354 g/mol. The molecule has 0 aliphatic heterocycles. The summed E-state index contributed by atoms with van der Waals surface area (Å²) in [6.45, 7) is 0.363. The van der Waals surface area contributed by atoms with E-state index < -0.39 is 17.6 Å². The Bertz CT molecular complexity index is 716. The number of nitrogens with zero attached hydrogens (tertiary/aromatic N) is 1. The summed E-state index contributed by atoms with van der Waals surface area (Å²) in [7, 11) is 0. The monoisotopic (exact) mass is 354 g/mol. The van der Waals surface area contributed by atoms with Crippen LogP contribution in [0.1, 0.15) is 44.3 Å². The van der Waals surface area contributed by atoms with Crippen molar-refractivity contribution in [1.29, 1.82) is 0 Å². The smallest absolute Gasteiger partial charge is 0.352 e. The van der Waals surface area contributed by atoms with Crippen LogP contribution >= 0.6 is 11.3 Å². The number of rotatable bonds is 4. The number of aryl methyl sites for hydroxylation is 2. The Morgan fingerprint density at radius 2 is 2.04 bits per heavy atom. The van der Waals surface area contributed by atoms with Crippen LogP contribution in [0.4, 0.5) is 13.2 Å². The fourth-order valence-electron chi connectivity index (χ4n) is 2.73. The van der Waals surface area contributed by atoms with Gasteiger partial charge in [0.1, 0.15) is 0 Å². The first kappa shape index (κ1) is 17.0. The standard InChI is InChI=1S/C17H17F3N2OS/c18-17(19,20)12-5-3-4-11(10-12)16(23)21-9-8-15-22-13-6-1-2-7-14(13)24-15/h3-5,10H,1-2,6-9H2,(H,21,23). The first-order valence-corrected chi connectivity index (χ1v) is 8.68. The molecule has 1 aromatic carbocycles. The minimum Gasteiger partial charge on any atom is -0.352 e. The van der Waals surface area contributed by atoms with Crippen molar-refractivity contribution < 1.29 is 18.0 Å². The Morgan fingerprint density at radius 1 is 1.25 bits per heavy atom. The first-order valence-electron chi connectivity index (χ1n) is 7.86. The van der Waals surface area contributed by atoms with Gasteiger partial charge in [0.25, 0.3) is 5.91 Å². The molecule has 0 unspecified atom stereocenters. The molecular weight excluding hydrogens is 337 g/mol. The molecule has 2 aromatic rings. The van der Waals surface area contributed by atoms with E-state index in [1.165, 1.54) is 35.5 Å². The summed E-state index contributed by atoms with van der Waals surface area (Å²) in [6, 6.07) is 4.45. The van der Waals surface area contributed by atoms with Crippen LogP contribution in [0.3, 0.4) is 0 Å². The number of thiazole rings is 1. The summed E-state index contributed by atoms with van der Waals surface area (Å²) in [5, 5.41) is 3.64. The number of hydrogen-bond acceptors (Lipinski definition) is 3. The number of aromatic nitrogens is 1. The second-order valence-corrected chi connectivity index (χ2v) is 6.94.